The van der Waals surface area contributed by atoms with E-state index in [2.05, 4.69) is 165 Å². The molecule has 0 spiro atoms. The SMILES string of the molecule is c1cc(-n2c3ccccc3c3ccccc32)cc(-n2c3ccccc3c3cc4c(cc32)c2cccc3c5ccccc5n4c32)c1. The Hall–Kier alpha value is -6.06. The van der Waals surface area contributed by atoms with E-state index in [1.807, 2.05) is 0 Å². The molecule has 0 saturated carbocycles. The van der Waals surface area contributed by atoms with Gasteiger partial charge in [0.1, 0.15) is 0 Å². The fourth-order valence-corrected chi connectivity index (χ4v) is 8.14. The quantitative estimate of drug-likeness (QED) is 0.196. The molecule has 11 aromatic rings. The predicted octanol–water partition coefficient (Wildman–Crippen LogP) is 11.0. The molecule has 0 atom stereocenters. The summed E-state index contributed by atoms with van der Waals surface area (Å²) >= 11 is 0. The molecule has 3 heteroatoms. The van der Waals surface area contributed by atoms with Crippen molar-refractivity contribution in [1.29, 1.82) is 0 Å². The molecule has 0 amide bonds. The second-order valence-corrected chi connectivity index (χ2v) is 12.2. The van der Waals surface area contributed by atoms with E-state index in [9.17, 15) is 0 Å². The molecule has 0 saturated heterocycles. The molecule has 0 aliphatic rings. The first kappa shape index (κ1) is 23.4. The highest BCUT2D eigenvalue weighted by Gasteiger charge is 2.21. The topological polar surface area (TPSA) is 14.3 Å². The van der Waals surface area contributed by atoms with Crippen LogP contribution in [0.3, 0.4) is 0 Å². The second kappa shape index (κ2) is 8.31. The van der Waals surface area contributed by atoms with E-state index in [1.165, 1.54) is 81.7 Å². The Morgan fingerprint density at radius 2 is 0.667 bits per heavy atom. The maximum absolute atomic E-state index is 2.48. The number of benzene rings is 7. The van der Waals surface area contributed by atoms with Gasteiger partial charge in [-0.2, -0.15) is 0 Å². The molecule has 0 aliphatic carbocycles. The molecular weight excluding hydrogens is 546 g/mol. The van der Waals surface area contributed by atoms with Gasteiger partial charge in [0.25, 0.3) is 0 Å². The molecule has 3 nitrogen and oxygen atoms in total. The number of hydrogen-bond acceptors (Lipinski definition) is 0. The van der Waals surface area contributed by atoms with Gasteiger partial charge < -0.3 is 13.5 Å². The third-order valence-electron chi connectivity index (χ3n) is 9.94. The summed E-state index contributed by atoms with van der Waals surface area (Å²) in [5, 5.41) is 10.3. The lowest BCUT2D eigenvalue weighted by molar-refractivity contribution is 1.13. The molecule has 0 unspecified atom stereocenters. The van der Waals surface area contributed by atoms with Crippen molar-refractivity contribution in [3.8, 4) is 11.4 Å². The van der Waals surface area contributed by atoms with Gasteiger partial charge in [0.15, 0.2) is 0 Å². The third-order valence-corrected chi connectivity index (χ3v) is 9.94. The van der Waals surface area contributed by atoms with Crippen molar-refractivity contribution in [2.75, 3.05) is 0 Å². The van der Waals surface area contributed by atoms with Gasteiger partial charge >= 0.3 is 0 Å². The minimum atomic E-state index is 1.15. The average Bonchev–Trinajstić information content (AvgIpc) is 3.82. The van der Waals surface area contributed by atoms with Crippen molar-refractivity contribution in [3.63, 3.8) is 0 Å². The maximum Gasteiger partial charge on any atom is 0.0620 e. The molecule has 4 aromatic heterocycles. The van der Waals surface area contributed by atoms with Gasteiger partial charge in [-0.1, -0.05) is 97.1 Å². The minimum absolute atomic E-state index is 1.15. The lowest BCUT2D eigenvalue weighted by Gasteiger charge is -2.13. The molecule has 4 heterocycles. The molecular formula is C42H25N3. The van der Waals surface area contributed by atoms with Crippen LogP contribution in [0.25, 0.3) is 93.1 Å². The molecule has 0 N–H and O–H groups in total. The van der Waals surface area contributed by atoms with Crippen LogP contribution in [-0.4, -0.2) is 13.5 Å². The summed E-state index contributed by atoms with van der Waals surface area (Å²) in [6.45, 7) is 0. The first-order valence-electron chi connectivity index (χ1n) is 15.5. The van der Waals surface area contributed by atoms with Crippen LogP contribution in [0.1, 0.15) is 0 Å². The van der Waals surface area contributed by atoms with Crippen LogP contribution in [-0.2, 0) is 0 Å². The Labute approximate surface area is 257 Å². The van der Waals surface area contributed by atoms with Crippen LogP contribution >= 0.6 is 0 Å². The number of fused-ring (bicyclic) bond motifs is 12. The Balaban J connectivity index is 1.25. The highest BCUT2D eigenvalue weighted by atomic mass is 15.0. The van der Waals surface area contributed by atoms with E-state index in [4.69, 9.17) is 0 Å². The van der Waals surface area contributed by atoms with Gasteiger partial charge in [0, 0.05) is 54.5 Å². The monoisotopic (exact) mass is 571 g/mol. The standard InChI is InChI=1S/C42H25N3/c1-5-19-36-28(13-1)29-14-2-6-20-37(29)43(36)26-11-9-12-27(23-26)44-38-21-7-4-16-31(38)34-24-41-35(25-40(34)44)33-18-10-17-32-30-15-3-8-22-39(30)45(41)42(32)33/h1-25H. The zero-order valence-electron chi connectivity index (χ0n) is 24.3. The Bertz CT molecular complexity index is 2930. The first-order chi connectivity index (χ1) is 22.3. The maximum atomic E-state index is 2.48. The van der Waals surface area contributed by atoms with Crippen molar-refractivity contribution in [1.82, 2.24) is 13.5 Å². The highest BCUT2D eigenvalue weighted by molar-refractivity contribution is 6.26. The van der Waals surface area contributed by atoms with Crippen LogP contribution in [0.5, 0.6) is 0 Å². The Morgan fingerprint density at radius 3 is 1.29 bits per heavy atom. The highest BCUT2D eigenvalue weighted by Crippen LogP contribution is 2.43. The van der Waals surface area contributed by atoms with Crippen molar-refractivity contribution in [2.24, 2.45) is 0 Å². The molecule has 45 heavy (non-hydrogen) atoms. The molecule has 208 valence electrons. The number of para-hydroxylation sites is 5. The van der Waals surface area contributed by atoms with Crippen molar-refractivity contribution < 1.29 is 0 Å². The van der Waals surface area contributed by atoms with Crippen LogP contribution in [0.4, 0.5) is 0 Å². The van der Waals surface area contributed by atoms with E-state index in [1.54, 1.807) is 0 Å². The number of hydrogen-bond donors (Lipinski definition) is 0. The summed E-state index contributed by atoms with van der Waals surface area (Å²) in [4.78, 5) is 0. The minimum Gasteiger partial charge on any atom is -0.309 e. The van der Waals surface area contributed by atoms with Crippen molar-refractivity contribution in [3.05, 3.63) is 152 Å². The second-order valence-electron chi connectivity index (χ2n) is 12.2. The van der Waals surface area contributed by atoms with Gasteiger partial charge in [0.05, 0.1) is 38.6 Å². The van der Waals surface area contributed by atoms with Crippen LogP contribution in [0, 0.1) is 0 Å². The fourth-order valence-electron chi connectivity index (χ4n) is 8.14. The largest absolute Gasteiger partial charge is 0.309 e. The van der Waals surface area contributed by atoms with E-state index in [0.29, 0.717) is 0 Å². The van der Waals surface area contributed by atoms with Crippen LogP contribution < -0.4 is 0 Å². The summed E-state index contributed by atoms with van der Waals surface area (Å²) in [7, 11) is 0. The van der Waals surface area contributed by atoms with Crippen LogP contribution in [0.2, 0.25) is 0 Å². The van der Waals surface area contributed by atoms with Crippen molar-refractivity contribution in [2.45, 2.75) is 0 Å². The van der Waals surface area contributed by atoms with Gasteiger partial charge in [-0.3, -0.25) is 0 Å². The third kappa shape index (κ3) is 2.90. The lowest BCUT2D eigenvalue weighted by Crippen LogP contribution is -1.98. The summed E-state index contributed by atoms with van der Waals surface area (Å²) in [6.07, 6.45) is 0. The zero-order valence-corrected chi connectivity index (χ0v) is 24.3. The Kier molecular flexibility index (Phi) is 4.32. The van der Waals surface area contributed by atoms with E-state index in [-0.39, 0.29) is 0 Å². The normalized spacial score (nSPS) is 12.4. The van der Waals surface area contributed by atoms with Crippen LogP contribution in [0.15, 0.2) is 152 Å². The number of aromatic nitrogens is 3. The number of rotatable bonds is 2. The lowest BCUT2D eigenvalue weighted by atomic mass is 10.1. The molecule has 11 rings (SSSR count). The van der Waals surface area contributed by atoms with Gasteiger partial charge in [0.2, 0.25) is 0 Å². The Morgan fingerprint density at radius 1 is 0.267 bits per heavy atom. The smallest absolute Gasteiger partial charge is 0.0620 e. The van der Waals surface area contributed by atoms with E-state index >= 15 is 0 Å². The molecule has 0 aliphatic heterocycles. The molecule has 0 fully saturated rings. The summed E-state index contributed by atoms with van der Waals surface area (Å²) in [5.41, 5.74) is 11.0. The zero-order chi connectivity index (χ0) is 29.2. The summed E-state index contributed by atoms with van der Waals surface area (Å²) in [5.74, 6) is 0. The summed E-state index contributed by atoms with van der Waals surface area (Å²) < 4.78 is 7.33. The number of nitrogens with zero attached hydrogens (tertiary/aromatic N) is 3. The molecule has 0 radical (unpaired) electrons. The van der Waals surface area contributed by atoms with Crippen molar-refractivity contribution >= 4 is 81.7 Å². The van der Waals surface area contributed by atoms with E-state index < -0.39 is 0 Å². The summed E-state index contributed by atoms with van der Waals surface area (Å²) in [6, 6.07) is 55.7. The van der Waals surface area contributed by atoms with Gasteiger partial charge in [-0.15, -0.1) is 0 Å². The van der Waals surface area contributed by atoms with E-state index in [0.717, 1.165) is 11.4 Å². The molecule has 0 bridgehead atoms. The molecule has 7 aromatic carbocycles. The van der Waals surface area contributed by atoms with Gasteiger partial charge in [-0.05, 0) is 54.6 Å². The fraction of sp³-hybridized carbons (Fsp3) is 0. The van der Waals surface area contributed by atoms with Gasteiger partial charge in [-0.25, -0.2) is 0 Å². The average molecular weight is 572 g/mol. The first-order valence-corrected chi connectivity index (χ1v) is 15.5. The predicted molar refractivity (Wildman–Crippen MR) is 190 cm³/mol.